The molecular weight excluding hydrogens is 296 g/mol. The molecule has 0 fully saturated rings. The lowest BCUT2D eigenvalue weighted by Crippen LogP contribution is -2.30. The summed E-state index contributed by atoms with van der Waals surface area (Å²) in [6, 6.07) is 8.12. The minimum absolute atomic E-state index is 0.0715. The van der Waals surface area contributed by atoms with Gasteiger partial charge in [-0.05, 0) is 63.8 Å². The normalized spacial score (nSPS) is 12.1. The lowest BCUT2D eigenvalue weighted by Gasteiger charge is -2.21. The quantitative estimate of drug-likeness (QED) is 0.688. The van der Waals surface area contributed by atoms with E-state index < -0.39 is 16.6 Å². The molecule has 0 aliphatic carbocycles. The first-order chi connectivity index (χ1) is 9.57. The highest BCUT2D eigenvalue weighted by molar-refractivity contribution is 6.71. The smallest absolute Gasteiger partial charge is 0.292 e. The molecule has 0 radical (unpaired) electrons. The second-order valence-corrected chi connectivity index (χ2v) is 16.1. The van der Waals surface area contributed by atoms with E-state index in [-0.39, 0.29) is 5.97 Å². The first kappa shape index (κ1) is 18.0. The Hall–Kier alpha value is -1.08. The number of hydrogen-bond acceptors (Lipinski definition) is 3. The van der Waals surface area contributed by atoms with E-state index in [9.17, 15) is 4.79 Å². The van der Waals surface area contributed by atoms with Gasteiger partial charge in [0.05, 0.1) is 0 Å². The van der Waals surface area contributed by atoms with Crippen molar-refractivity contribution in [1.82, 2.24) is 0 Å². The third-order valence-corrected chi connectivity index (χ3v) is 4.31. The molecule has 0 saturated carbocycles. The predicted octanol–water partition coefficient (Wildman–Crippen LogP) is 4.60. The second kappa shape index (κ2) is 7.27. The fraction of sp³-hybridized carbons (Fsp3) is 0.562. The molecule has 118 valence electrons. The molecule has 0 aromatic heterocycles. The van der Waals surface area contributed by atoms with Crippen molar-refractivity contribution >= 4 is 22.6 Å². The molecule has 0 N–H and O–H groups in total. The molecular formula is C16H28O3Si2. The molecule has 0 spiro atoms. The molecule has 3 nitrogen and oxygen atoms in total. The first-order valence-electron chi connectivity index (χ1n) is 7.56. The summed E-state index contributed by atoms with van der Waals surface area (Å²) in [5.41, 5.74) is 1.18. The number of para-hydroxylation sites is 1. The molecule has 0 saturated heterocycles. The standard InChI is InChI=1S/C16H28O3Si2/c1-20(2,3)18-15-12-8-7-10-14(15)11-9-13-16(17)19-21(4,5)6/h7-8,10,12H,9,11,13H2,1-6H3. The Kier molecular flexibility index (Phi) is 6.22. The molecule has 21 heavy (non-hydrogen) atoms. The Labute approximate surface area is 130 Å². The van der Waals surface area contributed by atoms with Crippen molar-refractivity contribution in [2.24, 2.45) is 0 Å². The predicted molar refractivity (Wildman–Crippen MR) is 92.8 cm³/mol. The molecule has 1 rings (SSSR count). The highest BCUT2D eigenvalue weighted by Crippen LogP contribution is 2.23. The van der Waals surface area contributed by atoms with Crippen molar-refractivity contribution in [2.75, 3.05) is 0 Å². The van der Waals surface area contributed by atoms with Crippen molar-refractivity contribution in [1.29, 1.82) is 0 Å². The van der Waals surface area contributed by atoms with Gasteiger partial charge in [0.25, 0.3) is 5.97 Å². The summed E-state index contributed by atoms with van der Waals surface area (Å²) in [6.45, 7) is 12.6. The lowest BCUT2D eigenvalue weighted by atomic mass is 10.1. The fourth-order valence-electron chi connectivity index (χ4n) is 1.96. The van der Waals surface area contributed by atoms with Crippen LogP contribution in [-0.4, -0.2) is 22.6 Å². The van der Waals surface area contributed by atoms with Gasteiger partial charge in [0.1, 0.15) is 5.75 Å². The van der Waals surface area contributed by atoms with Gasteiger partial charge in [-0.1, -0.05) is 18.2 Å². The third-order valence-electron chi connectivity index (χ3n) is 2.64. The molecule has 0 heterocycles. The van der Waals surface area contributed by atoms with E-state index in [1.165, 1.54) is 5.56 Å². The van der Waals surface area contributed by atoms with E-state index in [0.29, 0.717) is 6.42 Å². The van der Waals surface area contributed by atoms with Crippen molar-refractivity contribution in [3.05, 3.63) is 29.8 Å². The number of hydrogen-bond donors (Lipinski definition) is 0. The SMILES string of the molecule is C[Si](C)(C)OC(=O)CCCc1ccccc1O[Si](C)(C)C. The summed E-state index contributed by atoms with van der Waals surface area (Å²) in [4.78, 5) is 11.8. The minimum atomic E-state index is -1.76. The van der Waals surface area contributed by atoms with E-state index in [4.69, 9.17) is 8.85 Å². The van der Waals surface area contributed by atoms with Crippen LogP contribution in [-0.2, 0) is 15.6 Å². The molecule has 0 aliphatic rings. The van der Waals surface area contributed by atoms with Crippen LogP contribution in [0.5, 0.6) is 5.75 Å². The summed E-state index contributed by atoms with van der Waals surface area (Å²) in [5, 5.41) is 0. The number of carbonyl (C=O) groups excluding carboxylic acids is 1. The van der Waals surface area contributed by atoms with Gasteiger partial charge in [-0.15, -0.1) is 0 Å². The molecule has 1 aromatic rings. The van der Waals surface area contributed by atoms with Gasteiger partial charge >= 0.3 is 0 Å². The van der Waals surface area contributed by atoms with Crippen LogP contribution in [0.1, 0.15) is 18.4 Å². The Balaban J connectivity index is 2.54. The van der Waals surface area contributed by atoms with E-state index in [1.54, 1.807) is 0 Å². The molecule has 0 atom stereocenters. The third kappa shape index (κ3) is 8.07. The molecule has 0 amide bonds. The van der Waals surface area contributed by atoms with Crippen molar-refractivity contribution in [3.8, 4) is 5.75 Å². The topological polar surface area (TPSA) is 35.5 Å². The monoisotopic (exact) mass is 324 g/mol. The van der Waals surface area contributed by atoms with Crippen LogP contribution >= 0.6 is 0 Å². The van der Waals surface area contributed by atoms with Crippen LogP contribution in [0.4, 0.5) is 0 Å². The van der Waals surface area contributed by atoms with E-state index in [2.05, 4.69) is 25.7 Å². The lowest BCUT2D eigenvalue weighted by molar-refractivity contribution is -0.135. The molecule has 0 aliphatic heterocycles. The molecule has 5 heteroatoms. The maximum absolute atomic E-state index is 11.8. The highest BCUT2D eigenvalue weighted by atomic mass is 28.4. The molecule has 1 aromatic carbocycles. The fourth-order valence-corrected chi connectivity index (χ4v) is 3.60. The number of rotatable bonds is 7. The Bertz CT molecular complexity index is 473. The molecule has 0 bridgehead atoms. The summed E-state index contributed by atoms with van der Waals surface area (Å²) < 4.78 is 11.6. The van der Waals surface area contributed by atoms with Crippen molar-refractivity contribution < 1.29 is 13.6 Å². The van der Waals surface area contributed by atoms with Gasteiger partial charge in [-0.25, -0.2) is 0 Å². The maximum Gasteiger partial charge on any atom is 0.292 e. The van der Waals surface area contributed by atoms with E-state index >= 15 is 0 Å². The number of aryl methyl sites for hydroxylation is 1. The Morgan fingerprint density at radius 2 is 1.62 bits per heavy atom. The van der Waals surface area contributed by atoms with Crippen LogP contribution in [0.15, 0.2) is 24.3 Å². The molecule has 0 unspecified atom stereocenters. The summed E-state index contributed by atoms with van der Waals surface area (Å²) in [5.74, 6) is 0.896. The average Bonchev–Trinajstić information content (AvgIpc) is 2.27. The van der Waals surface area contributed by atoms with Crippen LogP contribution in [0.2, 0.25) is 39.3 Å². The zero-order chi connectivity index (χ0) is 16.1. The Morgan fingerprint density at radius 3 is 2.19 bits per heavy atom. The van der Waals surface area contributed by atoms with Crippen LogP contribution in [0.25, 0.3) is 0 Å². The largest absolute Gasteiger partial charge is 0.544 e. The van der Waals surface area contributed by atoms with Gasteiger partial charge in [0, 0.05) is 6.42 Å². The minimum Gasteiger partial charge on any atom is -0.544 e. The Morgan fingerprint density at radius 1 is 1.00 bits per heavy atom. The van der Waals surface area contributed by atoms with E-state index in [1.807, 2.05) is 37.8 Å². The van der Waals surface area contributed by atoms with Crippen LogP contribution < -0.4 is 4.43 Å². The summed E-state index contributed by atoms with van der Waals surface area (Å²) >= 11 is 0. The van der Waals surface area contributed by atoms with Gasteiger partial charge in [-0.2, -0.15) is 0 Å². The van der Waals surface area contributed by atoms with Crippen LogP contribution in [0, 0.1) is 0 Å². The van der Waals surface area contributed by atoms with Gasteiger partial charge in [0.2, 0.25) is 16.6 Å². The van der Waals surface area contributed by atoms with Crippen molar-refractivity contribution in [3.63, 3.8) is 0 Å². The maximum atomic E-state index is 11.8. The highest BCUT2D eigenvalue weighted by Gasteiger charge is 2.20. The van der Waals surface area contributed by atoms with Gasteiger partial charge < -0.3 is 8.85 Å². The van der Waals surface area contributed by atoms with Gasteiger partial charge in [-0.3, -0.25) is 4.79 Å². The number of carbonyl (C=O) groups is 1. The average molecular weight is 325 g/mol. The first-order valence-corrected chi connectivity index (χ1v) is 14.4. The van der Waals surface area contributed by atoms with Crippen molar-refractivity contribution in [2.45, 2.75) is 58.5 Å². The summed E-state index contributed by atoms with van der Waals surface area (Å²) in [6.07, 6.45) is 2.13. The van der Waals surface area contributed by atoms with Gasteiger partial charge in [0.15, 0.2) is 0 Å². The van der Waals surface area contributed by atoms with E-state index in [0.717, 1.165) is 18.6 Å². The van der Waals surface area contributed by atoms with Crippen LogP contribution in [0.3, 0.4) is 0 Å². The number of benzene rings is 1. The zero-order valence-electron chi connectivity index (χ0n) is 14.2. The zero-order valence-corrected chi connectivity index (χ0v) is 16.2. The second-order valence-electron chi connectivity index (χ2n) is 7.26. The summed E-state index contributed by atoms with van der Waals surface area (Å²) in [7, 11) is -3.37.